The molecule has 2 rings (SSSR count). The maximum Gasteiger partial charge on any atom is 0.348 e. The second-order valence-electron chi connectivity index (χ2n) is 4.68. The number of imidazole rings is 1. The molecule has 2 aromatic heterocycles. The van der Waals surface area contributed by atoms with Crippen molar-refractivity contribution in [2.24, 2.45) is 0 Å². The molecule has 0 aliphatic rings. The third-order valence-electron chi connectivity index (χ3n) is 3.08. The molecule has 0 amide bonds. The quantitative estimate of drug-likeness (QED) is 0.355. The Bertz CT molecular complexity index is 812. The van der Waals surface area contributed by atoms with Crippen LogP contribution in [0.2, 0.25) is 0 Å². The number of carbonyl (C=O) groups excluding carboxylic acids is 1. The number of fused-ring (bicyclic) bond motifs is 1. The smallest absolute Gasteiger partial charge is 0.348 e. The average Bonchev–Trinajstić information content (AvgIpc) is 2.89. The summed E-state index contributed by atoms with van der Waals surface area (Å²) in [5.74, 6) is -0.344. The van der Waals surface area contributed by atoms with E-state index in [2.05, 4.69) is 11.6 Å². The molecule has 0 aromatic carbocycles. The molecular weight excluding hydrogens is 294 g/mol. The number of nitriles is 1. The van der Waals surface area contributed by atoms with Crippen LogP contribution in [0.4, 0.5) is 0 Å². The Balaban J connectivity index is 2.61. The van der Waals surface area contributed by atoms with Crippen molar-refractivity contribution in [3.05, 3.63) is 47.8 Å². The van der Waals surface area contributed by atoms with E-state index in [1.165, 1.54) is 6.08 Å². The molecule has 0 atom stereocenters. The first-order valence-electron chi connectivity index (χ1n) is 7.12. The first-order valence-corrected chi connectivity index (χ1v) is 7.12. The van der Waals surface area contributed by atoms with E-state index < -0.39 is 5.97 Å². The van der Waals surface area contributed by atoms with Crippen LogP contribution in [-0.2, 0) is 9.53 Å². The first kappa shape index (κ1) is 16.3. The fourth-order valence-electron chi connectivity index (χ4n) is 2.06. The van der Waals surface area contributed by atoms with Gasteiger partial charge in [-0.15, -0.1) is 0 Å². The van der Waals surface area contributed by atoms with E-state index in [1.807, 2.05) is 25.1 Å². The number of nitrogens with zero attached hydrogens (tertiary/aromatic N) is 3. The largest absolute Gasteiger partial charge is 0.472 e. The minimum atomic E-state index is -0.674. The molecular formula is C17H17N3O3. The summed E-state index contributed by atoms with van der Waals surface area (Å²) in [6.07, 6.45) is 4.82. The zero-order valence-electron chi connectivity index (χ0n) is 13.1. The third kappa shape index (κ3) is 3.40. The second-order valence-corrected chi connectivity index (χ2v) is 4.68. The molecule has 23 heavy (non-hydrogen) atoms. The normalized spacial score (nSPS) is 11.1. The molecule has 6 heteroatoms. The van der Waals surface area contributed by atoms with E-state index in [0.29, 0.717) is 17.2 Å². The molecule has 0 aliphatic carbocycles. The summed E-state index contributed by atoms with van der Waals surface area (Å²) in [6, 6.07) is 5.63. The molecule has 0 unspecified atom stereocenters. The summed E-state index contributed by atoms with van der Waals surface area (Å²) >= 11 is 0. The Morgan fingerprint density at radius 2 is 2.35 bits per heavy atom. The summed E-state index contributed by atoms with van der Waals surface area (Å²) in [5, 5.41) is 9.21. The van der Waals surface area contributed by atoms with Crippen LogP contribution in [0.15, 0.2) is 36.6 Å². The van der Waals surface area contributed by atoms with Crippen molar-refractivity contribution >= 4 is 17.7 Å². The van der Waals surface area contributed by atoms with Crippen molar-refractivity contribution in [2.45, 2.75) is 13.8 Å². The Morgan fingerprint density at radius 1 is 1.57 bits per heavy atom. The lowest BCUT2D eigenvalue weighted by Crippen LogP contribution is -2.06. The number of ether oxygens (including phenoxy) is 2. The number of hydrogen-bond donors (Lipinski definition) is 0. The maximum atomic E-state index is 11.8. The van der Waals surface area contributed by atoms with Crippen LogP contribution >= 0.6 is 0 Å². The molecule has 0 N–H and O–H groups in total. The van der Waals surface area contributed by atoms with E-state index in [1.54, 1.807) is 23.6 Å². The van der Waals surface area contributed by atoms with E-state index in [0.717, 1.165) is 5.56 Å². The number of aryl methyl sites for hydroxylation is 1. The van der Waals surface area contributed by atoms with Crippen molar-refractivity contribution in [3.63, 3.8) is 0 Å². The van der Waals surface area contributed by atoms with Gasteiger partial charge in [0.1, 0.15) is 29.6 Å². The van der Waals surface area contributed by atoms with E-state index >= 15 is 0 Å². The van der Waals surface area contributed by atoms with Gasteiger partial charge in [-0.1, -0.05) is 18.7 Å². The van der Waals surface area contributed by atoms with Gasteiger partial charge in [0.2, 0.25) is 5.88 Å². The number of aromatic nitrogens is 2. The molecule has 0 saturated heterocycles. The van der Waals surface area contributed by atoms with E-state index in [-0.39, 0.29) is 18.8 Å². The highest BCUT2D eigenvalue weighted by molar-refractivity contribution is 5.98. The molecule has 0 radical (unpaired) electrons. The van der Waals surface area contributed by atoms with Crippen LogP contribution in [0, 0.1) is 18.3 Å². The van der Waals surface area contributed by atoms with Gasteiger partial charge in [-0.2, -0.15) is 10.2 Å². The molecule has 0 bridgehead atoms. The van der Waals surface area contributed by atoms with Crippen LogP contribution in [0.5, 0.6) is 5.88 Å². The van der Waals surface area contributed by atoms with Gasteiger partial charge in [0.25, 0.3) is 0 Å². The molecule has 6 nitrogen and oxygen atoms in total. The topological polar surface area (TPSA) is 76.6 Å². The zero-order chi connectivity index (χ0) is 16.8. The lowest BCUT2D eigenvalue weighted by atomic mass is 10.2. The van der Waals surface area contributed by atoms with Crippen molar-refractivity contribution < 1.29 is 14.3 Å². The summed E-state index contributed by atoms with van der Waals surface area (Å²) < 4.78 is 12.2. The number of carbonyl (C=O) groups is 1. The summed E-state index contributed by atoms with van der Waals surface area (Å²) in [6.45, 7) is 7.68. The van der Waals surface area contributed by atoms with Gasteiger partial charge < -0.3 is 9.47 Å². The summed E-state index contributed by atoms with van der Waals surface area (Å²) in [7, 11) is 0. The minimum absolute atomic E-state index is 0.112. The molecule has 2 aromatic rings. The lowest BCUT2D eigenvalue weighted by Gasteiger charge is -2.03. The molecule has 0 saturated carbocycles. The Kier molecular flexibility index (Phi) is 5.15. The second kappa shape index (κ2) is 7.27. The van der Waals surface area contributed by atoms with Crippen LogP contribution < -0.4 is 4.74 Å². The highest BCUT2D eigenvalue weighted by Crippen LogP contribution is 2.24. The molecule has 118 valence electrons. The zero-order valence-corrected chi connectivity index (χ0v) is 13.1. The van der Waals surface area contributed by atoms with E-state index in [9.17, 15) is 10.1 Å². The number of rotatable bonds is 6. The SMILES string of the molecule is C=CCOc1nc2c(C)cccn2c1C=C(C#N)C(=O)OCC. The van der Waals surface area contributed by atoms with Crippen molar-refractivity contribution in [1.82, 2.24) is 9.38 Å². The van der Waals surface area contributed by atoms with Gasteiger partial charge in [0, 0.05) is 6.20 Å². The van der Waals surface area contributed by atoms with Crippen LogP contribution in [-0.4, -0.2) is 28.6 Å². The van der Waals surface area contributed by atoms with E-state index in [4.69, 9.17) is 9.47 Å². The average molecular weight is 311 g/mol. The van der Waals surface area contributed by atoms with Crippen LogP contribution in [0.25, 0.3) is 11.7 Å². The monoisotopic (exact) mass is 311 g/mol. The fourth-order valence-corrected chi connectivity index (χ4v) is 2.06. The molecule has 0 spiro atoms. The van der Waals surface area contributed by atoms with Gasteiger partial charge in [-0.3, -0.25) is 4.40 Å². The standard InChI is InChI=1S/C17H17N3O3/c1-4-9-23-16-14(10-13(11-18)17(21)22-5-2)20-8-6-7-12(3)15(20)19-16/h4,6-8,10H,1,5,9H2,2-3H3. The lowest BCUT2D eigenvalue weighted by molar-refractivity contribution is -0.137. The summed E-state index contributed by atoms with van der Waals surface area (Å²) in [5.41, 5.74) is 2.04. The van der Waals surface area contributed by atoms with Crippen LogP contribution in [0.1, 0.15) is 18.2 Å². The minimum Gasteiger partial charge on any atom is -0.472 e. The van der Waals surface area contributed by atoms with Crippen molar-refractivity contribution in [1.29, 1.82) is 5.26 Å². The Hall–Kier alpha value is -3.07. The molecule has 2 heterocycles. The highest BCUT2D eigenvalue weighted by Gasteiger charge is 2.17. The highest BCUT2D eigenvalue weighted by atomic mass is 16.5. The van der Waals surface area contributed by atoms with Gasteiger partial charge in [0.05, 0.1) is 6.61 Å². The van der Waals surface area contributed by atoms with Gasteiger partial charge >= 0.3 is 5.97 Å². The van der Waals surface area contributed by atoms with Crippen molar-refractivity contribution in [3.8, 4) is 11.9 Å². The Labute approximate surface area is 134 Å². The predicted octanol–water partition coefficient (Wildman–Crippen LogP) is 2.68. The fraction of sp³-hybridized carbons (Fsp3) is 0.235. The number of hydrogen-bond acceptors (Lipinski definition) is 5. The third-order valence-corrected chi connectivity index (χ3v) is 3.08. The first-order chi connectivity index (χ1) is 11.1. The Morgan fingerprint density at radius 3 is 3.00 bits per heavy atom. The number of esters is 1. The van der Waals surface area contributed by atoms with Crippen LogP contribution in [0.3, 0.4) is 0 Å². The van der Waals surface area contributed by atoms with Gasteiger partial charge in [-0.05, 0) is 31.6 Å². The molecule has 0 aliphatic heterocycles. The van der Waals surface area contributed by atoms with Gasteiger partial charge in [-0.25, -0.2) is 4.79 Å². The van der Waals surface area contributed by atoms with Crippen molar-refractivity contribution in [2.75, 3.05) is 13.2 Å². The predicted molar refractivity (Wildman–Crippen MR) is 85.8 cm³/mol. The van der Waals surface area contributed by atoms with Gasteiger partial charge in [0.15, 0.2) is 0 Å². The molecule has 0 fully saturated rings. The maximum absolute atomic E-state index is 11.8. The summed E-state index contributed by atoms with van der Waals surface area (Å²) in [4.78, 5) is 16.3. The number of pyridine rings is 1.